The number of aldehydes is 1. The van der Waals surface area contributed by atoms with Crippen molar-refractivity contribution in [2.24, 2.45) is 0 Å². The largest absolute Gasteiger partial charge is 0.394 e. The van der Waals surface area contributed by atoms with Crippen molar-refractivity contribution in [3.8, 4) is 0 Å². The van der Waals surface area contributed by atoms with E-state index < -0.39 is 36.8 Å². The fourth-order valence-electron chi connectivity index (χ4n) is 1.57. The summed E-state index contributed by atoms with van der Waals surface area (Å²) < 4.78 is 0. The zero-order chi connectivity index (χ0) is 15.3. The standard InChI is InChI=1S/C13H16O7/c14-5-7-1-3-8(4-2-7)10(17)12(19)13(20)11(18)9(16)6-15/h1-5,9,11-13,15-16,18-20H,6H2/t9-,11-,12+,13+/m1/s1. The van der Waals surface area contributed by atoms with Gasteiger partial charge in [0.15, 0.2) is 5.78 Å². The van der Waals surface area contributed by atoms with Crippen LogP contribution in [0.15, 0.2) is 24.3 Å². The Balaban J connectivity index is 2.81. The first kappa shape index (κ1) is 16.4. The van der Waals surface area contributed by atoms with Gasteiger partial charge >= 0.3 is 0 Å². The number of hydrogen-bond donors (Lipinski definition) is 5. The van der Waals surface area contributed by atoms with Crippen LogP contribution in [0.2, 0.25) is 0 Å². The molecule has 1 aromatic carbocycles. The predicted molar refractivity (Wildman–Crippen MR) is 67.3 cm³/mol. The van der Waals surface area contributed by atoms with Crippen LogP contribution >= 0.6 is 0 Å². The lowest BCUT2D eigenvalue weighted by atomic mass is 9.96. The van der Waals surface area contributed by atoms with E-state index in [0.717, 1.165) is 0 Å². The van der Waals surface area contributed by atoms with E-state index in [-0.39, 0.29) is 5.56 Å². The van der Waals surface area contributed by atoms with Crippen molar-refractivity contribution in [3.05, 3.63) is 35.4 Å². The second kappa shape index (κ2) is 7.22. The number of carbonyl (C=O) groups excluding carboxylic acids is 2. The molecular formula is C13H16O7. The Morgan fingerprint density at radius 3 is 2.05 bits per heavy atom. The molecule has 0 spiro atoms. The summed E-state index contributed by atoms with van der Waals surface area (Å²) in [7, 11) is 0. The van der Waals surface area contributed by atoms with E-state index in [1.165, 1.54) is 24.3 Å². The summed E-state index contributed by atoms with van der Waals surface area (Å²) in [6, 6.07) is 5.30. The maximum absolute atomic E-state index is 11.8. The molecule has 4 atom stereocenters. The van der Waals surface area contributed by atoms with Gasteiger partial charge in [-0.15, -0.1) is 0 Å². The Morgan fingerprint density at radius 1 is 1.05 bits per heavy atom. The molecule has 0 aliphatic rings. The minimum absolute atomic E-state index is 0.0350. The van der Waals surface area contributed by atoms with Gasteiger partial charge in [0, 0.05) is 11.1 Å². The first-order valence-corrected chi connectivity index (χ1v) is 5.85. The van der Waals surface area contributed by atoms with Gasteiger partial charge in [-0.2, -0.15) is 0 Å². The lowest BCUT2D eigenvalue weighted by molar-refractivity contribution is -0.105. The maximum Gasteiger partial charge on any atom is 0.194 e. The van der Waals surface area contributed by atoms with E-state index in [1.807, 2.05) is 0 Å². The lowest BCUT2D eigenvalue weighted by Gasteiger charge is -2.24. The van der Waals surface area contributed by atoms with Gasteiger partial charge in [-0.1, -0.05) is 24.3 Å². The van der Waals surface area contributed by atoms with Crippen molar-refractivity contribution in [3.63, 3.8) is 0 Å². The van der Waals surface area contributed by atoms with Crippen LogP contribution in [-0.2, 0) is 0 Å². The molecular weight excluding hydrogens is 268 g/mol. The van der Waals surface area contributed by atoms with Crippen LogP contribution < -0.4 is 0 Å². The average molecular weight is 284 g/mol. The molecule has 0 heterocycles. The van der Waals surface area contributed by atoms with E-state index in [9.17, 15) is 24.9 Å². The SMILES string of the molecule is O=Cc1ccc(C(=O)[C@H](O)[C@@H](O)[C@H](O)[C@H](O)CO)cc1. The number of Topliss-reactive ketones (excluding diaryl/α,β-unsaturated/α-hetero) is 1. The van der Waals surface area contributed by atoms with E-state index in [0.29, 0.717) is 11.8 Å². The monoisotopic (exact) mass is 284 g/mol. The molecule has 0 saturated heterocycles. The summed E-state index contributed by atoms with van der Waals surface area (Å²) in [5, 5.41) is 46.4. The quantitative estimate of drug-likeness (QED) is 0.292. The van der Waals surface area contributed by atoms with Crippen LogP contribution in [0.3, 0.4) is 0 Å². The van der Waals surface area contributed by atoms with Crippen LogP contribution in [0, 0.1) is 0 Å². The molecule has 0 aliphatic carbocycles. The molecule has 7 heteroatoms. The summed E-state index contributed by atoms with van der Waals surface area (Å²) in [5.41, 5.74) is 0.375. The predicted octanol–water partition coefficient (Wildman–Crippen LogP) is -1.88. The smallest absolute Gasteiger partial charge is 0.194 e. The minimum atomic E-state index is -1.96. The Labute approximate surface area is 114 Å². The highest BCUT2D eigenvalue weighted by molar-refractivity contribution is 6.00. The second-order valence-electron chi connectivity index (χ2n) is 4.28. The molecule has 0 bridgehead atoms. The van der Waals surface area contributed by atoms with Crippen LogP contribution in [0.4, 0.5) is 0 Å². The minimum Gasteiger partial charge on any atom is -0.394 e. The van der Waals surface area contributed by atoms with Crippen molar-refractivity contribution < 1.29 is 35.1 Å². The van der Waals surface area contributed by atoms with Gasteiger partial charge in [0.1, 0.15) is 30.7 Å². The van der Waals surface area contributed by atoms with Crippen LogP contribution in [0.1, 0.15) is 20.7 Å². The van der Waals surface area contributed by atoms with Gasteiger partial charge in [-0.3, -0.25) is 9.59 Å². The Bertz CT molecular complexity index is 456. The number of aliphatic hydroxyl groups is 5. The highest BCUT2D eigenvalue weighted by Gasteiger charge is 2.34. The summed E-state index contributed by atoms with van der Waals surface area (Å²) >= 11 is 0. The first-order chi connectivity index (χ1) is 9.42. The number of hydrogen-bond acceptors (Lipinski definition) is 7. The third-order valence-electron chi connectivity index (χ3n) is 2.85. The number of aliphatic hydroxyl groups excluding tert-OH is 5. The number of carbonyl (C=O) groups is 2. The van der Waals surface area contributed by atoms with E-state index in [4.69, 9.17) is 10.2 Å². The van der Waals surface area contributed by atoms with E-state index >= 15 is 0 Å². The van der Waals surface area contributed by atoms with Gasteiger partial charge < -0.3 is 25.5 Å². The molecule has 0 fully saturated rings. The molecule has 0 saturated carbocycles. The highest BCUT2D eigenvalue weighted by atomic mass is 16.4. The van der Waals surface area contributed by atoms with E-state index in [1.54, 1.807) is 0 Å². The molecule has 7 nitrogen and oxygen atoms in total. The van der Waals surface area contributed by atoms with Crippen molar-refractivity contribution in [2.45, 2.75) is 24.4 Å². The topological polar surface area (TPSA) is 135 Å². The molecule has 1 aromatic rings. The van der Waals surface area contributed by atoms with Gasteiger partial charge in [0.05, 0.1) is 6.61 Å². The van der Waals surface area contributed by atoms with Gasteiger partial charge in [0.25, 0.3) is 0 Å². The Hall–Kier alpha value is -1.64. The molecule has 0 amide bonds. The van der Waals surface area contributed by atoms with Crippen molar-refractivity contribution >= 4 is 12.1 Å². The fourth-order valence-corrected chi connectivity index (χ4v) is 1.57. The molecule has 0 aliphatic heterocycles. The third kappa shape index (κ3) is 3.69. The van der Waals surface area contributed by atoms with Crippen molar-refractivity contribution in [2.75, 3.05) is 6.61 Å². The normalized spacial score (nSPS) is 17.1. The number of ketones is 1. The molecule has 5 N–H and O–H groups in total. The molecule has 0 aromatic heterocycles. The summed E-state index contributed by atoms with van der Waals surface area (Å²) in [6.07, 6.45) is -6.87. The highest BCUT2D eigenvalue weighted by Crippen LogP contribution is 2.12. The van der Waals surface area contributed by atoms with Gasteiger partial charge in [-0.05, 0) is 0 Å². The summed E-state index contributed by atoms with van der Waals surface area (Å²) in [5.74, 6) is -0.876. The zero-order valence-electron chi connectivity index (χ0n) is 10.5. The molecule has 110 valence electrons. The molecule has 1 rings (SSSR count). The van der Waals surface area contributed by atoms with E-state index in [2.05, 4.69) is 0 Å². The Morgan fingerprint density at radius 2 is 1.60 bits per heavy atom. The van der Waals surface area contributed by atoms with Gasteiger partial charge in [0.2, 0.25) is 0 Å². The fraction of sp³-hybridized carbons (Fsp3) is 0.385. The van der Waals surface area contributed by atoms with Gasteiger partial charge in [-0.25, -0.2) is 0 Å². The third-order valence-corrected chi connectivity index (χ3v) is 2.85. The average Bonchev–Trinajstić information content (AvgIpc) is 2.51. The maximum atomic E-state index is 11.8. The van der Waals surface area contributed by atoms with Crippen LogP contribution in [0.5, 0.6) is 0 Å². The number of benzene rings is 1. The number of rotatable bonds is 7. The summed E-state index contributed by atoms with van der Waals surface area (Å²) in [6.45, 7) is -0.826. The lowest BCUT2D eigenvalue weighted by Crippen LogP contribution is -2.48. The first-order valence-electron chi connectivity index (χ1n) is 5.85. The zero-order valence-corrected chi connectivity index (χ0v) is 10.5. The molecule has 20 heavy (non-hydrogen) atoms. The molecule has 0 unspecified atom stereocenters. The van der Waals surface area contributed by atoms with Crippen LogP contribution in [0.25, 0.3) is 0 Å². The van der Waals surface area contributed by atoms with Crippen molar-refractivity contribution in [1.29, 1.82) is 0 Å². The second-order valence-corrected chi connectivity index (χ2v) is 4.28. The Kier molecular flexibility index (Phi) is 5.93. The summed E-state index contributed by atoms with van der Waals surface area (Å²) in [4.78, 5) is 22.3. The molecule has 0 radical (unpaired) electrons. The van der Waals surface area contributed by atoms with Crippen LogP contribution in [-0.4, -0.2) is 68.6 Å². The van der Waals surface area contributed by atoms with Crippen molar-refractivity contribution in [1.82, 2.24) is 0 Å².